The highest BCUT2D eigenvalue weighted by molar-refractivity contribution is 5.96. The smallest absolute Gasteiger partial charge is 0.354 e. The van der Waals surface area contributed by atoms with Crippen molar-refractivity contribution in [1.82, 2.24) is 15.0 Å². The second-order valence-corrected chi connectivity index (χ2v) is 3.85. The van der Waals surface area contributed by atoms with Gasteiger partial charge in [0.2, 0.25) is 0 Å². The van der Waals surface area contributed by atoms with Gasteiger partial charge in [-0.05, 0) is 18.2 Å². The number of hydrogen-bond donors (Lipinski definition) is 4. The molecular formula is C12H9N3O3. The average Bonchev–Trinajstić information content (AvgIpc) is 2.95. The summed E-state index contributed by atoms with van der Waals surface area (Å²) >= 11 is 0. The van der Waals surface area contributed by atoms with Gasteiger partial charge in [-0.15, -0.1) is 0 Å². The van der Waals surface area contributed by atoms with Gasteiger partial charge in [0.25, 0.3) is 0 Å². The fraction of sp³-hybridized carbons (Fsp3) is 0. The predicted octanol–water partition coefficient (Wildman–Crippen LogP) is 1.96. The molecule has 0 amide bonds. The largest absolute Gasteiger partial charge is 0.507 e. The van der Waals surface area contributed by atoms with Gasteiger partial charge in [0, 0.05) is 10.9 Å². The maximum atomic E-state index is 11.0. The summed E-state index contributed by atoms with van der Waals surface area (Å²) in [5.74, 6) is -0.937. The van der Waals surface area contributed by atoms with Crippen LogP contribution in [-0.4, -0.2) is 31.1 Å². The molecule has 0 saturated heterocycles. The second-order valence-electron chi connectivity index (χ2n) is 3.85. The zero-order valence-corrected chi connectivity index (χ0v) is 9.14. The zero-order chi connectivity index (χ0) is 12.7. The van der Waals surface area contributed by atoms with Gasteiger partial charge in [-0.1, -0.05) is 6.07 Å². The Bertz CT molecular complexity index is 742. The van der Waals surface area contributed by atoms with E-state index in [0.29, 0.717) is 16.8 Å². The van der Waals surface area contributed by atoms with Crippen LogP contribution in [0.25, 0.3) is 22.3 Å². The summed E-state index contributed by atoms with van der Waals surface area (Å²) in [5, 5.41) is 19.3. The van der Waals surface area contributed by atoms with E-state index in [0.717, 1.165) is 5.52 Å². The molecule has 0 spiro atoms. The van der Waals surface area contributed by atoms with Gasteiger partial charge in [0.15, 0.2) is 5.69 Å². The number of phenolic OH excluding ortho intramolecular Hbond substituents is 1. The highest BCUT2D eigenvalue weighted by atomic mass is 16.4. The third-order valence-corrected chi connectivity index (χ3v) is 2.75. The van der Waals surface area contributed by atoms with Crippen molar-refractivity contribution in [2.75, 3.05) is 0 Å². The van der Waals surface area contributed by atoms with E-state index in [1.165, 1.54) is 6.33 Å². The molecule has 0 aliphatic heterocycles. The van der Waals surface area contributed by atoms with Gasteiger partial charge in [-0.25, -0.2) is 9.78 Å². The predicted molar refractivity (Wildman–Crippen MR) is 64.5 cm³/mol. The maximum Gasteiger partial charge on any atom is 0.354 e. The van der Waals surface area contributed by atoms with E-state index < -0.39 is 5.97 Å². The van der Waals surface area contributed by atoms with E-state index in [1.54, 1.807) is 24.3 Å². The summed E-state index contributed by atoms with van der Waals surface area (Å²) in [5.41, 5.74) is 1.61. The average molecular weight is 243 g/mol. The van der Waals surface area contributed by atoms with Gasteiger partial charge < -0.3 is 20.2 Å². The van der Waals surface area contributed by atoms with Crippen LogP contribution in [0.2, 0.25) is 0 Å². The molecule has 0 bridgehead atoms. The Morgan fingerprint density at radius 2 is 2.17 bits per heavy atom. The van der Waals surface area contributed by atoms with Crippen LogP contribution >= 0.6 is 0 Å². The molecule has 2 aromatic heterocycles. The zero-order valence-electron chi connectivity index (χ0n) is 9.14. The normalized spacial score (nSPS) is 10.9. The van der Waals surface area contributed by atoms with E-state index in [-0.39, 0.29) is 11.4 Å². The lowest BCUT2D eigenvalue weighted by Gasteiger charge is -1.94. The fourth-order valence-electron chi connectivity index (χ4n) is 1.93. The molecule has 0 aliphatic rings. The number of carboxylic acid groups (broad SMARTS) is 1. The molecule has 3 rings (SSSR count). The van der Waals surface area contributed by atoms with E-state index in [2.05, 4.69) is 15.0 Å². The summed E-state index contributed by atoms with van der Waals surface area (Å²) in [7, 11) is 0. The number of rotatable bonds is 2. The van der Waals surface area contributed by atoms with E-state index in [4.69, 9.17) is 5.11 Å². The Kier molecular flexibility index (Phi) is 2.09. The van der Waals surface area contributed by atoms with Gasteiger partial charge in [-0.3, -0.25) is 0 Å². The van der Waals surface area contributed by atoms with Gasteiger partial charge in [-0.2, -0.15) is 0 Å². The summed E-state index contributed by atoms with van der Waals surface area (Å²) in [4.78, 5) is 20.6. The topological polar surface area (TPSA) is 102 Å². The third kappa shape index (κ3) is 1.43. The van der Waals surface area contributed by atoms with Crippen LogP contribution in [0, 0.1) is 0 Å². The van der Waals surface area contributed by atoms with Crippen molar-refractivity contribution >= 4 is 16.9 Å². The van der Waals surface area contributed by atoms with Crippen LogP contribution < -0.4 is 0 Å². The molecule has 3 aromatic rings. The number of carboxylic acids is 1. The van der Waals surface area contributed by atoms with Gasteiger partial charge in [0.05, 0.1) is 12.0 Å². The molecule has 1 aromatic carbocycles. The number of aromatic amines is 2. The first kappa shape index (κ1) is 10.4. The molecule has 0 radical (unpaired) electrons. The van der Waals surface area contributed by atoms with Crippen molar-refractivity contribution in [2.45, 2.75) is 0 Å². The van der Waals surface area contributed by atoms with Crippen molar-refractivity contribution in [3.63, 3.8) is 0 Å². The van der Waals surface area contributed by atoms with Crippen LogP contribution in [0.15, 0.2) is 30.6 Å². The minimum atomic E-state index is -1.08. The number of aromatic carboxylic acids is 1. The van der Waals surface area contributed by atoms with Crippen LogP contribution in [0.1, 0.15) is 10.5 Å². The number of nitrogens with zero attached hydrogens (tertiary/aromatic N) is 1. The van der Waals surface area contributed by atoms with Crippen molar-refractivity contribution in [3.8, 4) is 17.1 Å². The van der Waals surface area contributed by atoms with Gasteiger partial charge >= 0.3 is 5.97 Å². The minimum Gasteiger partial charge on any atom is -0.507 e. The molecule has 0 fully saturated rings. The number of benzene rings is 1. The standard InChI is InChI=1S/C12H9N3O3/c16-9-3-1-2-7-6(9)4-8(15-7)10-11(12(17)18)14-5-13-10/h1-5,15-16H,(H,13,14)(H,17,18). The fourth-order valence-corrected chi connectivity index (χ4v) is 1.93. The molecule has 0 aliphatic carbocycles. The second kappa shape index (κ2) is 3.63. The molecule has 90 valence electrons. The van der Waals surface area contributed by atoms with Crippen LogP contribution in [-0.2, 0) is 0 Å². The molecule has 18 heavy (non-hydrogen) atoms. The maximum absolute atomic E-state index is 11.0. The van der Waals surface area contributed by atoms with Gasteiger partial charge in [0.1, 0.15) is 11.4 Å². The Morgan fingerprint density at radius 1 is 1.33 bits per heavy atom. The first-order valence-corrected chi connectivity index (χ1v) is 5.24. The van der Waals surface area contributed by atoms with E-state index >= 15 is 0 Å². The highest BCUT2D eigenvalue weighted by Crippen LogP contribution is 2.29. The molecule has 6 heteroatoms. The van der Waals surface area contributed by atoms with E-state index in [1.807, 2.05) is 0 Å². The lowest BCUT2D eigenvalue weighted by Crippen LogP contribution is -1.99. The lowest BCUT2D eigenvalue weighted by molar-refractivity contribution is 0.0692. The number of H-pyrrole nitrogens is 2. The molecular weight excluding hydrogens is 234 g/mol. The molecule has 6 nitrogen and oxygen atoms in total. The third-order valence-electron chi connectivity index (χ3n) is 2.75. The van der Waals surface area contributed by atoms with Crippen molar-refractivity contribution in [2.24, 2.45) is 0 Å². The summed E-state index contributed by atoms with van der Waals surface area (Å²) in [6.45, 7) is 0. The Balaban J connectivity index is 2.23. The number of hydrogen-bond acceptors (Lipinski definition) is 3. The van der Waals surface area contributed by atoms with Crippen LogP contribution in [0.4, 0.5) is 0 Å². The number of fused-ring (bicyclic) bond motifs is 1. The summed E-state index contributed by atoms with van der Waals surface area (Å²) in [6.07, 6.45) is 1.32. The van der Waals surface area contributed by atoms with Crippen LogP contribution in [0.3, 0.4) is 0 Å². The number of imidazole rings is 1. The first-order valence-electron chi connectivity index (χ1n) is 5.24. The number of phenols is 1. The highest BCUT2D eigenvalue weighted by Gasteiger charge is 2.16. The number of carbonyl (C=O) groups is 1. The first-order chi connectivity index (χ1) is 8.66. The van der Waals surface area contributed by atoms with Crippen LogP contribution in [0.5, 0.6) is 5.75 Å². The van der Waals surface area contributed by atoms with E-state index in [9.17, 15) is 9.90 Å². The van der Waals surface area contributed by atoms with Crippen molar-refractivity contribution in [1.29, 1.82) is 0 Å². The number of aromatic hydroxyl groups is 1. The summed E-state index contributed by atoms with van der Waals surface area (Å²) in [6, 6.07) is 6.75. The lowest BCUT2D eigenvalue weighted by atomic mass is 10.2. The van der Waals surface area contributed by atoms with Crippen molar-refractivity contribution in [3.05, 3.63) is 36.3 Å². The SMILES string of the molecule is O=C(O)c1[nH]cnc1-c1cc2c(O)cccc2[nH]1. The Hall–Kier alpha value is -2.76. The molecule has 0 saturated carbocycles. The Morgan fingerprint density at radius 3 is 2.89 bits per heavy atom. The quantitative estimate of drug-likeness (QED) is 0.552. The molecule has 4 N–H and O–H groups in total. The minimum absolute atomic E-state index is 0.0149. The van der Waals surface area contributed by atoms with Crippen molar-refractivity contribution < 1.29 is 15.0 Å². The monoisotopic (exact) mass is 243 g/mol. The molecule has 0 atom stereocenters. The number of aromatic nitrogens is 3. The number of nitrogens with one attached hydrogen (secondary N) is 2. The Labute approximate surface area is 101 Å². The summed E-state index contributed by atoms with van der Waals surface area (Å²) < 4.78 is 0. The molecule has 0 unspecified atom stereocenters. The molecule has 2 heterocycles.